The Kier molecular flexibility index (Phi) is 2.95. The maximum Gasteiger partial charge on any atom is 0.214 e. The molecule has 2 atom stereocenters. The number of fused-ring (bicyclic) bond motifs is 2. The first kappa shape index (κ1) is 13.4. The predicted octanol–water partition coefficient (Wildman–Crippen LogP) is 1.93. The third kappa shape index (κ3) is 2.00. The van der Waals surface area contributed by atoms with Gasteiger partial charge in [0.2, 0.25) is 5.95 Å². The zero-order valence-electron chi connectivity index (χ0n) is 12.1. The number of hydrogen-bond donors (Lipinski definition) is 0. The van der Waals surface area contributed by atoms with E-state index < -0.39 is 5.95 Å². The van der Waals surface area contributed by atoms with Crippen molar-refractivity contribution in [1.29, 1.82) is 0 Å². The maximum absolute atomic E-state index is 14.2. The average Bonchev–Trinajstić information content (AvgIpc) is 2.52. The van der Waals surface area contributed by atoms with Crippen molar-refractivity contribution in [1.82, 2.24) is 15.0 Å². The van der Waals surface area contributed by atoms with Crippen LogP contribution >= 0.6 is 0 Å². The molecule has 5 rings (SSSR count). The van der Waals surface area contributed by atoms with E-state index >= 15 is 0 Å². The van der Waals surface area contributed by atoms with Gasteiger partial charge in [0, 0.05) is 31.0 Å². The topological polar surface area (TPSA) is 45.2 Å². The minimum Gasteiger partial charge on any atom is -0.367 e. The van der Waals surface area contributed by atoms with E-state index in [0.717, 1.165) is 25.2 Å². The second-order valence-corrected chi connectivity index (χ2v) is 5.79. The van der Waals surface area contributed by atoms with Crippen LogP contribution in [0, 0.1) is 18.7 Å². The van der Waals surface area contributed by atoms with Crippen LogP contribution in [0.1, 0.15) is 12.1 Å². The maximum atomic E-state index is 14.2. The van der Waals surface area contributed by atoms with Gasteiger partial charge in [-0.05, 0) is 19.4 Å². The van der Waals surface area contributed by atoms with Gasteiger partial charge in [0.1, 0.15) is 6.33 Å². The van der Waals surface area contributed by atoms with Crippen LogP contribution in [0.3, 0.4) is 0 Å². The Hall–Kier alpha value is -2.31. The lowest BCUT2D eigenvalue weighted by atomic mass is 9.87. The highest BCUT2D eigenvalue weighted by Gasteiger charge is 2.46. The van der Waals surface area contributed by atoms with Crippen molar-refractivity contribution < 1.29 is 8.78 Å². The Morgan fingerprint density at radius 2 is 1.91 bits per heavy atom. The second kappa shape index (κ2) is 4.86. The summed E-state index contributed by atoms with van der Waals surface area (Å²) in [6.07, 6.45) is 3.88. The van der Waals surface area contributed by atoms with Gasteiger partial charge in [0.15, 0.2) is 11.6 Å². The first-order valence-electron chi connectivity index (χ1n) is 7.25. The van der Waals surface area contributed by atoms with E-state index in [1.54, 1.807) is 13.0 Å². The van der Waals surface area contributed by atoms with Crippen LogP contribution < -0.4 is 9.80 Å². The van der Waals surface area contributed by atoms with Crippen molar-refractivity contribution in [2.24, 2.45) is 0 Å². The third-order valence-electron chi connectivity index (χ3n) is 4.46. The fourth-order valence-electron chi connectivity index (χ4n) is 3.38. The SMILES string of the molecule is Cc1ncnc(N2C3CC2CN(c2ccnc(F)c2)C3)c1F. The van der Waals surface area contributed by atoms with Crippen LogP contribution in [0.4, 0.5) is 20.3 Å². The molecular formula is C15H15F2N5. The van der Waals surface area contributed by atoms with Gasteiger partial charge >= 0.3 is 0 Å². The third-order valence-corrected chi connectivity index (χ3v) is 4.46. The number of aryl methyl sites for hydroxylation is 1. The van der Waals surface area contributed by atoms with Gasteiger partial charge in [-0.3, -0.25) is 0 Å². The van der Waals surface area contributed by atoms with E-state index in [4.69, 9.17) is 0 Å². The Bertz CT molecular complexity index is 711. The minimum atomic E-state index is -0.480. The summed E-state index contributed by atoms with van der Waals surface area (Å²) in [6, 6.07) is 3.62. The van der Waals surface area contributed by atoms with Crippen LogP contribution in [0.25, 0.3) is 0 Å². The highest BCUT2D eigenvalue weighted by Crippen LogP contribution is 2.38. The lowest BCUT2D eigenvalue weighted by Gasteiger charge is -2.57. The molecule has 3 aliphatic heterocycles. The van der Waals surface area contributed by atoms with E-state index in [1.165, 1.54) is 18.6 Å². The summed E-state index contributed by atoms with van der Waals surface area (Å²) in [7, 11) is 0. The van der Waals surface area contributed by atoms with Gasteiger partial charge in [-0.25, -0.2) is 19.3 Å². The van der Waals surface area contributed by atoms with Crippen LogP contribution in [0.15, 0.2) is 24.7 Å². The van der Waals surface area contributed by atoms with Crippen molar-refractivity contribution in [2.45, 2.75) is 25.4 Å². The molecule has 2 bridgehead atoms. The summed E-state index contributed by atoms with van der Waals surface area (Å²) in [5.41, 5.74) is 1.18. The standard InChI is InChI=1S/C15H15F2N5/c1-9-14(17)15(20-8-19-9)22-11-4-12(22)7-21(6-11)10-2-3-18-13(16)5-10/h2-3,5,8,11-12H,4,6-7H2,1H3. The van der Waals surface area contributed by atoms with Gasteiger partial charge in [-0.2, -0.15) is 4.39 Å². The second-order valence-electron chi connectivity index (χ2n) is 5.79. The molecule has 2 unspecified atom stereocenters. The van der Waals surface area contributed by atoms with Gasteiger partial charge in [-0.1, -0.05) is 0 Å². The first-order valence-corrected chi connectivity index (χ1v) is 7.25. The van der Waals surface area contributed by atoms with Crippen molar-refractivity contribution >= 4 is 11.5 Å². The Morgan fingerprint density at radius 1 is 1.14 bits per heavy atom. The highest BCUT2D eigenvalue weighted by atomic mass is 19.1. The number of anilines is 2. The van der Waals surface area contributed by atoms with Gasteiger partial charge < -0.3 is 9.80 Å². The summed E-state index contributed by atoms with van der Waals surface area (Å²) in [5, 5.41) is 0. The molecular weight excluding hydrogens is 288 g/mol. The molecule has 0 N–H and O–H groups in total. The smallest absolute Gasteiger partial charge is 0.214 e. The van der Waals surface area contributed by atoms with Crippen molar-refractivity contribution in [3.8, 4) is 0 Å². The summed E-state index contributed by atoms with van der Waals surface area (Å²) in [6.45, 7) is 3.09. The molecule has 0 radical (unpaired) electrons. The van der Waals surface area contributed by atoms with Crippen molar-refractivity contribution in [3.63, 3.8) is 0 Å². The summed E-state index contributed by atoms with van der Waals surface area (Å²) in [4.78, 5) is 15.7. The molecule has 3 fully saturated rings. The number of nitrogens with zero attached hydrogens (tertiary/aromatic N) is 5. The predicted molar refractivity (Wildman–Crippen MR) is 77.8 cm³/mol. The molecule has 2 aromatic rings. The van der Waals surface area contributed by atoms with Crippen LogP contribution in [0.2, 0.25) is 0 Å². The molecule has 22 heavy (non-hydrogen) atoms. The van der Waals surface area contributed by atoms with E-state index in [2.05, 4.69) is 19.9 Å². The molecule has 3 aliphatic rings. The Balaban J connectivity index is 1.57. The summed E-state index contributed by atoms with van der Waals surface area (Å²) >= 11 is 0. The van der Waals surface area contributed by atoms with E-state index in [9.17, 15) is 8.78 Å². The van der Waals surface area contributed by atoms with Crippen molar-refractivity contribution in [2.75, 3.05) is 22.9 Å². The molecule has 0 amide bonds. The van der Waals surface area contributed by atoms with Gasteiger partial charge in [0.25, 0.3) is 0 Å². The fraction of sp³-hybridized carbons (Fsp3) is 0.400. The molecule has 5 heterocycles. The molecule has 7 heteroatoms. The number of hydrogen-bond acceptors (Lipinski definition) is 5. The van der Waals surface area contributed by atoms with Gasteiger partial charge in [-0.15, -0.1) is 0 Å². The zero-order valence-corrected chi connectivity index (χ0v) is 12.1. The molecule has 0 saturated carbocycles. The Labute approximate surface area is 126 Å². The average molecular weight is 303 g/mol. The molecule has 114 valence electrons. The Morgan fingerprint density at radius 3 is 2.64 bits per heavy atom. The van der Waals surface area contributed by atoms with E-state index in [-0.39, 0.29) is 17.9 Å². The molecule has 5 nitrogen and oxygen atoms in total. The van der Waals surface area contributed by atoms with E-state index in [1.807, 2.05) is 4.90 Å². The summed E-state index contributed by atoms with van der Waals surface area (Å²) in [5.74, 6) is -0.444. The lowest BCUT2D eigenvalue weighted by molar-refractivity contribution is 0.284. The number of halogens is 2. The molecule has 0 spiro atoms. The molecule has 0 aromatic carbocycles. The van der Waals surface area contributed by atoms with Crippen LogP contribution in [-0.2, 0) is 0 Å². The molecule has 2 aromatic heterocycles. The lowest BCUT2D eigenvalue weighted by Crippen LogP contribution is -2.69. The van der Waals surface area contributed by atoms with E-state index in [0.29, 0.717) is 11.5 Å². The zero-order chi connectivity index (χ0) is 15.3. The number of piperidine rings is 1. The number of piperazine rings is 1. The fourth-order valence-corrected chi connectivity index (χ4v) is 3.38. The largest absolute Gasteiger partial charge is 0.367 e. The van der Waals surface area contributed by atoms with Crippen LogP contribution in [0.5, 0.6) is 0 Å². The number of pyridine rings is 1. The molecule has 3 saturated heterocycles. The number of aromatic nitrogens is 3. The van der Waals surface area contributed by atoms with Crippen molar-refractivity contribution in [3.05, 3.63) is 42.1 Å². The minimum absolute atomic E-state index is 0.193. The van der Waals surface area contributed by atoms with Crippen LogP contribution in [-0.4, -0.2) is 40.1 Å². The summed E-state index contributed by atoms with van der Waals surface area (Å²) < 4.78 is 27.5. The quantitative estimate of drug-likeness (QED) is 0.793. The monoisotopic (exact) mass is 303 g/mol. The first-order chi connectivity index (χ1) is 10.6. The highest BCUT2D eigenvalue weighted by molar-refractivity contribution is 5.54. The molecule has 0 aliphatic carbocycles. The number of rotatable bonds is 2. The van der Waals surface area contributed by atoms with Gasteiger partial charge in [0.05, 0.1) is 17.8 Å². The normalized spacial score (nSPS) is 23.4.